The summed E-state index contributed by atoms with van der Waals surface area (Å²) in [6, 6.07) is 0. The third-order valence-corrected chi connectivity index (χ3v) is 1.83. The molecule has 0 amide bonds. The Labute approximate surface area is 78.1 Å². The van der Waals surface area contributed by atoms with Crippen molar-refractivity contribution in [3.8, 4) is 0 Å². The van der Waals surface area contributed by atoms with Crippen molar-refractivity contribution in [3.05, 3.63) is 23.2 Å². The van der Waals surface area contributed by atoms with Crippen LogP contribution in [0.25, 0.3) is 0 Å². The highest BCUT2D eigenvalue weighted by molar-refractivity contribution is 5.20. The van der Waals surface area contributed by atoms with Crippen molar-refractivity contribution >= 4 is 0 Å². The second-order valence-corrected chi connectivity index (χ2v) is 2.74. The number of halogens is 2. The molecule has 3 heteroatoms. The summed E-state index contributed by atoms with van der Waals surface area (Å²) in [6.07, 6.45) is 2.02. The van der Waals surface area contributed by atoms with Gasteiger partial charge in [0.05, 0.1) is 13.8 Å². The van der Waals surface area contributed by atoms with Crippen LogP contribution in [-0.2, 0) is 4.74 Å². The second-order valence-electron chi connectivity index (χ2n) is 2.74. The zero-order valence-corrected chi connectivity index (χ0v) is 8.36. The van der Waals surface area contributed by atoms with Gasteiger partial charge in [-0.25, -0.2) is 4.39 Å². The van der Waals surface area contributed by atoms with Crippen LogP contribution in [0, 0.1) is 0 Å². The molecule has 0 rings (SSSR count). The van der Waals surface area contributed by atoms with Crippen molar-refractivity contribution in [3.63, 3.8) is 0 Å². The van der Waals surface area contributed by atoms with Gasteiger partial charge in [-0.05, 0) is 18.9 Å². The fourth-order valence-corrected chi connectivity index (χ4v) is 0.760. The van der Waals surface area contributed by atoms with Crippen molar-refractivity contribution in [1.29, 1.82) is 0 Å². The largest absolute Gasteiger partial charge is 0.501 e. The number of rotatable bonds is 5. The van der Waals surface area contributed by atoms with Crippen molar-refractivity contribution in [2.45, 2.75) is 26.7 Å². The third-order valence-electron chi connectivity index (χ3n) is 1.83. The molecule has 0 radical (unpaired) electrons. The first-order valence-electron chi connectivity index (χ1n) is 4.31. The standard InChI is InChI=1S/C10H16F2O/c1-4-8(2)10(12)7-9(13-3)5-6-11/h7H,4-6H2,1-3H3/b9-7+,10-8+. The highest BCUT2D eigenvalue weighted by Crippen LogP contribution is 2.14. The molecular weight excluding hydrogens is 174 g/mol. The summed E-state index contributed by atoms with van der Waals surface area (Å²) in [6.45, 7) is 3.04. The van der Waals surface area contributed by atoms with Gasteiger partial charge in [0.1, 0.15) is 11.6 Å². The molecule has 0 atom stereocenters. The Morgan fingerprint density at radius 1 is 1.46 bits per heavy atom. The van der Waals surface area contributed by atoms with Gasteiger partial charge in [0, 0.05) is 12.5 Å². The van der Waals surface area contributed by atoms with Crippen LogP contribution in [0.1, 0.15) is 26.7 Å². The van der Waals surface area contributed by atoms with E-state index < -0.39 is 6.67 Å². The lowest BCUT2D eigenvalue weighted by Gasteiger charge is -2.03. The van der Waals surface area contributed by atoms with Crippen LogP contribution in [0.2, 0.25) is 0 Å². The lowest BCUT2D eigenvalue weighted by Crippen LogP contribution is -1.90. The van der Waals surface area contributed by atoms with E-state index in [0.29, 0.717) is 17.8 Å². The summed E-state index contributed by atoms with van der Waals surface area (Å²) in [4.78, 5) is 0. The number of hydrogen-bond acceptors (Lipinski definition) is 1. The molecule has 0 aliphatic rings. The van der Waals surface area contributed by atoms with Crippen molar-refractivity contribution in [1.82, 2.24) is 0 Å². The van der Waals surface area contributed by atoms with Gasteiger partial charge in [-0.1, -0.05) is 6.92 Å². The average Bonchev–Trinajstić information content (AvgIpc) is 2.15. The Kier molecular flexibility index (Phi) is 6.20. The molecular formula is C10H16F2O. The van der Waals surface area contributed by atoms with Crippen LogP contribution >= 0.6 is 0 Å². The molecule has 0 N–H and O–H groups in total. The molecule has 0 heterocycles. The molecule has 0 unspecified atom stereocenters. The van der Waals surface area contributed by atoms with Gasteiger partial charge < -0.3 is 4.74 Å². The SMILES string of the molecule is CC/C(C)=C(F)\C=C(/CCF)OC. The van der Waals surface area contributed by atoms with E-state index in [1.54, 1.807) is 6.92 Å². The van der Waals surface area contributed by atoms with Gasteiger partial charge >= 0.3 is 0 Å². The van der Waals surface area contributed by atoms with E-state index in [-0.39, 0.29) is 12.2 Å². The number of ether oxygens (including phenoxy) is 1. The van der Waals surface area contributed by atoms with Gasteiger partial charge in [0.2, 0.25) is 0 Å². The molecule has 0 saturated carbocycles. The molecule has 0 aromatic rings. The Balaban J connectivity index is 4.49. The van der Waals surface area contributed by atoms with E-state index in [9.17, 15) is 8.78 Å². The van der Waals surface area contributed by atoms with Crippen molar-refractivity contribution in [2.24, 2.45) is 0 Å². The first-order chi connectivity index (χ1) is 6.15. The van der Waals surface area contributed by atoms with Crippen molar-refractivity contribution < 1.29 is 13.5 Å². The molecule has 0 aromatic heterocycles. The fraction of sp³-hybridized carbons (Fsp3) is 0.600. The molecule has 0 bridgehead atoms. The summed E-state index contributed by atoms with van der Waals surface area (Å²) in [5.41, 5.74) is 0.647. The van der Waals surface area contributed by atoms with E-state index in [0.717, 1.165) is 0 Å². The molecule has 1 nitrogen and oxygen atoms in total. The minimum Gasteiger partial charge on any atom is -0.501 e. The Morgan fingerprint density at radius 3 is 2.46 bits per heavy atom. The normalized spacial score (nSPS) is 14.1. The molecule has 13 heavy (non-hydrogen) atoms. The van der Waals surface area contributed by atoms with Crippen LogP contribution in [0.5, 0.6) is 0 Å². The maximum absolute atomic E-state index is 13.2. The quantitative estimate of drug-likeness (QED) is 0.476. The zero-order chi connectivity index (χ0) is 10.3. The average molecular weight is 190 g/mol. The van der Waals surface area contributed by atoms with Crippen LogP contribution in [-0.4, -0.2) is 13.8 Å². The maximum Gasteiger partial charge on any atom is 0.125 e. The van der Waals surface area contributed by atoms with E-state index >= 15 is 0 Å². The lowest BCUT2D eigenvalue weighted by molar-refractivity contribution is 0.265. The predicted octanol–water partition coefficient (Wildman–Crippen LogP) is 3.53. The Bertz CT molecular complexity index is 207. The van der Waals surface area contributed by atoms with E-state index in [2.05, 4.69) is 0 Å². The molecule has 0 saturated heterocycles. The first kappa shape index (κ1) is 12.1. The lowest BCUT2D eigenvalue weighted by atomic mass is 10.2. The smallest absolute Gasteiger partial charge is 0.125 e. The van der Waals surface area contributed by atoms with Gasteiger partial charge in [0.15, 0.2) is 0 Å². The Hall–Kier alpha value is -0.860. The molecule has 0 aliphatic carbocycles. The number of hydrogen-bond donors (Lipinski definition) is 0. The second kappa shape index (κ2) is 6.63. The minimum absolute atomic E-state index is 0.126. The van der Waals surface area contributed by atoms with Gasteiger partial charge in [-0.3, -0.25) is 4.39 Å². The highest BCUT2D eigenvalue weighted by Gasteiger charge is 2.00. The first-order valence-corrected chi connectivity index (χ1v) is 4.31. The highest BCUT2D eigenvalue weighted by atomic mass is 19.1. The van der Waals surface area contributed by atoms with Gasteiger partial charge in [0.25, 0.3) is 0 Å². The van der Waals surface area contributed by atoms with Crippen LogP contribution in [0.15, 0.2) is 23.2 Å². The summed E-state index contributed by atoms with van der Waals surface area (Å²) in [5.74, 6) is 0.0144. The van der Waals surface area contributed by atoms with Crippen molar-refractivity contribution in [2.75, 3.05) is 13.8 Å². The zero-order valence-electron chi connectivity index (χ0n) is 8.36. The third kappa shape index (κ3) is 4.65. The topological polar surface area (TPSA) is 9.23 Å². The monoisotopic (exact) mass is 190 g/mol. The van der Waals surface area contributed by atoms with E-state index in [1.807, 2.05) is 6.92 Å². The summed E-state index contributed by atoms with van der Waals surface area (Å²) < 4.78 is 29.9. The molecule has 76 valence electrons. The summed E-state index contributed by atoms with van der Waals surface area (Å²) in [7, 11) is 1.41. The van der Waals surface area contributed by atoms with Crippen LogP contribution in [0.4, 0.5) is 8.78 Å². The maximum atomic E-state index is 13.2. The number of methoxy groups -OCH3 is 1. The van der Waals surface area contributed by atoms with Crippen LogP contribution < -0.4 is 0 Å². The predicted molar refractivity (Wildman–Crippen MR) is 49.8 cm³/mol. The van der Waals surface area contributed by atoms with Gasteiger partial charge in [-0.2, -0.15) is 0 Å². The molecule has 0 fully saturated rings. The van der Waals surface area contributed by atoms with E-state index in [4.69, 9.17) is 4.74 Å². The molecule has 0 spiro atoms. The fourth-order valence-electron chi connectivity index (χ4n) is 0.760. The minimum atomic E-state index is -0.530. The van der Waals surface area contributed by atoms with Gasteiger partial charge in [-0.15, -0.1) is 0 Å². The number of alkyl halides is 1. The van der Waals surface area contributed by atoms with E-state index in [1.165, 1.54) is 13.2 Å². The Morgan fingerprint density at radius 2 is 2.08 bits per heavy atom. The number of allylic oxidation sites excluding steroid dienone is 4. The summed E-state index contributed by atoms with van der Waals surface area (Å²) >= 11 is 0. The van der Waals surface area contributed by atoms with Crippen LogP contribution in [0.3, 0.4) is 0 Å². The summed E-state index contributed by atoms with van der Waals surface area (Å²) in [5, 5.41) is 0. The molecule has 0 aromatic carbocycles. The molecule has 0 aliphatic heterocycles.